The minimum Gasteiger partial charge on any atom is -0.425 e. The van der Waals surface area contributed by atoms with E-state index in [4.69, 9.17) is 10.8 Å². The van der Waals surface area contributed by atoms with Crippen molar-refractivity contribution < 1.29 is 5.21 Å². The molecule has 0 fully saturated rings. The Kier molecular flexibility index (Phi) is 2.77. The van der Waals surface area contributed by atoms with Crippen LogP contribution >= 0.6 is 0 Å². The van der Waals surface area contributed by atoms with E-state index in [-0.39, 0.29) is 5.62 Å². The molecule has 86 valence electrons. The Bertz CT molecular complexity index is 489. The van der Waals surface area contributed by atoms with Gasteiger partial charge >= 0.3 is 0 Å². The third kappa shape index (κ3) is 1.73. The maximum atomic E-state index is 9.61. The van der Waals surface area contributed by atoms with Crippen molar-refractivity contribution in [3.63, 3.8) is 0 Å². The predicted octanol–water partition coefficient (Wildman–Crippen LogP) is 1.39. The summed E-state index contributed by atoms with van der Waals surface area (Å²) in [6.07, 6.45) is 4.72. The van der Waals surface area contributed by atoms with Crippen LogP contribution in [0.1, 0.15) is 42.6 Å². The highest BCUT2D eigenvalue weighted by Gasteiger charge is 2.17. The zero-order valence-electron chi connectivity index (χ0n) is 9.38. The number of rotatable bonds is 0. The molecular weight excluding hydrogens is 204 g/mol. The molecular formula is C11H16N4O. The van der Waals surface area contributed by atoms with Crippen molar-refractivity contribution in [3.05, 3.63) is 22.6 Å². The largest absolute Gasteiger partial charge is 0.425 e. The molecule has 0 saturated heterocycles. The number of fused-ring (bicyclic) bond motifs is 1. The number of hydrogen-bond donors (Lipinski definition) is 3. The smallest absolute Gasteiger partial charge is 0.256 e. The lowest BCUT2D eigenvalue weighted by Crippen LogP contribution is -2.29. The molecule has 0 unspecified atom stereocenters. The minimum atomic E-state index is -0.193. The van der Waals surface area contributed by atoms with Crippen molar-refractivity contribution in [2.24, 2.45) is 0 Å². The molecule has 1 heterocycles. The van der Waals surface area contributed by atoms with Crippen LogP contribution in [0.4, 0.5) is 0 Å². The molecule has 1 aliphatic carbocycles. The summed E-state index contributed by atoms with van der Waals surface area (Å²) in [5, 5.41) is 25.1. The number of hydrogen-bond acceptors (Lipinski definition) is 4. The minimum absolute atomic E-state index is 0.193. The highest BCUT2D eigenvalue weighted by atomic mass is 16.5. The van der Waals surface area contributed by atoms with Crippen LogP contribution in [0.5, 0.6) is 0 Å². The van der Waals surface area contributed by atoms with Crippen LogP contribution in [-0.2, 0) is 6.42 Å². The Labute approximate surface area is 93.7 Å². The Morgan fingerprint density at radius 1 is 1.19 bits per heavy atom. The summed E-state index contributed by atoms with van der Waals surface area (Å²) in [5.74, 6) is 0. The summed E-state index contributed by atoms with van der Waals surface area (Å²) in [7, 11) is 0. The van der Waals surface area contributed by atoms with E-state index in [2.05, 4.69) is 4.98 Å². The van der Waals surface area contributed by atoms with Crippen LogP contribution in [-0.4, -0.2) is 20.6 Å². The molecule has 2 rings (SSSR count). The van der Waals surface area contributed by atoms with Crippen LogP contribution in [0.3, 0.4) is 0 Å². The van der Waals surface area contributed by atoms with Gasteiger partial charge in [0.05, 0.1) is 17.1 Å². The van der Waals surface area contributed by atoms with Gasteiger partial charge in [-0.15, -0.1) is 0 Å². The van der Waals surface area contributed by atoms with Crippen molar-refractivity contribution in [3.8, 4) is 0 Å². The normalized spacial score (nSPS) is 16.4. The maximum Gasteiger partial charge on any atom is 0.256 e. The quantitative estimate of drug-likeness (QED) is 0.577. The molecule has 0 amide bonds. The molecule has 0 saturated carbocycles. The van der Waals surface area contributed by atoms with E-state index in [1.165, 1.54) is 0 Å². The van der Waals surface area contributed by atoms with Crippen LogP contribution in [0.2, 0.25) is 0 Å². The van der Waals surface area contributed by atoms with Crippen LogP contribution in [0.25, 0.3) is 0 Å². The monoisotopic (exact) mass is 220 g/mol. The van der Waals surface area contributed by atoms with E-state index in [1.807, 2.05) is 0 Å². The molecule has 0 aromatic carbocycles. The maximum absolute atomic E-state index is 9.61. The van der Waals surface area contributed by atoms with Crippen LogP contribution in [0.15, 0.2) is 0 Å². The molecule has 1 aromatic heterocycles. The fourth-order valence-electron chi connectivity index (χ4n) is 2.13. The van der Waals surface area contributed by atoms with Gasteiger partial charge < -0.3 is 10.6 Å². The SMILES string of the molecule is Cc1c2c(nc(=N)n1O)C(=N)CCCCC2. The third-order valence-corrected chi connectivity index (χ3v) is 3.10. The summed E-state index contributed by atoms with van der Waals surface area (Å²) >= 11 is 0. The fraction of sp³-hybridized carbons (Fsp3) is 0.545. The number of nitrogens with zero attached hydrogens (tertiary/aromatic N) is 2. The Balaban J connectivity index is 2.63. The summed E-state index contributed by atoms with van der Waals surface area (Å²) < 4.78 is 0.799. The summed E-state index contributed by atoms with van der Waals surface area (Å²) in [5.41, 5.74) is 2.46. The van der Waals surface area contributed by atoms with Gasteiger partial charge in [-0.1, -0.05) is 6.42 Å². The molecule has 1 aromatic rings. The van der Waals surface area contributed by atoms with Gasteiger partial charge in [-0.3, -0.25) is 5.41 Å². The van der Waals surface area contributed by atoms with E-state index in [0.717, 1.165) is 36.0 Å². The lowest BCUT2D eigenvalue weighted by atomic mass is 9.95. The van der Waals surface area contributed by atoms with Gasteiger partial charge in [-0.25, -0.2) is 4.98 Å². The third-order valence-electron chi connectivity index (χ3n) is 3.10. The van der Waals surface area contributed by atoms with Gasteiger partial charge in [0.1, 0.15) is 0 Å². The zero-order valence-corrected chi connectivity index (χ0v) is 9.38. The predicted molar refractivity (Wildman–Crippen MR) is 59.0 cm³/mol. The van der Waals surface area contributed by atoms with Gasteiger partial charge in [0.25, 0.3) is 5.62 Å². The highest BCUT2D eigenvalue weighted by Crippen LogP contribution is 2.19. The second-order valence-corrected chi connectivity index (χ2v) is 4.20. The molecule has 3 N–H and O–H groups in total. The van der Waals surface area contributed by atoms with Crippen molar-refractivity contribution in [2.75, 3.05) is 0 Å². The van der Waals surface area contributed by atoms with E-state index in [9.17, 15) is 5.21 Å². The molecule has 0 spiro atoms. The average molecular weight is 220 g/mol. The Hall–Kier alpha value is -1.65. The Morgan fingerprint density at radius 2 is 1.88 bits per heavy atom. The molecule has 1 aliphatic rings. The molecule has 0 bridgehead atoms. The zero-order chi connectivity index (χ0) is 11.7. The van der Waals surface area contributed by atoms with Gasteiger partial charge in [0, 0.05) is 5.56 Å². The van der Waals surface area contributed by atoms with Crippen molar-refractivity contribution in [1.82, 2.24) is 9.71 Å². The first kappa shape index (κ1) is 10.9. The average Bonchev–Trinajstić information content (AvgIpc) is 2.25. The summed E-state index contributed by atoms with van der Waals surface area (Å²) in [6.45, 7) is 1.77. The second-order valence-electron chi connectivity index (χ2n) is 4.20. The molecule has 5 nitrogen and oxygen atoms in total. The summed E-state index contributed by atoms with van der Waals surface area (Å²) in [6, 6.07) is 0. The van der Waals surface area contributed by atoms with E-state index >= 15 is 0 Å². The van der Waals surface area contributed by atoms with Crippen LogP contribution in [0, 0.1) is 17.7 Å². The first-order valence-electron chi connectivity index (χ1n) is 5.55. The first-order chi connectivity index (χ1) is 7.61. The van der Waals surface area contributed by atoms with Gasteiger partial charge in [0.15, 0.2) is 0 Å². The van der Waals surface area contributed by atoms with E-state index in [1.54, 1.807) is 6.92 Å². The second kappa shape index (κ2) is 4.08. The fourth-order valence-corrected chi connectivity index (χ4v) is 2.13. The lowest BCUT2D eigenvalue weighted by molar-refractivity contribution is 0.157. The molecule has 0 radical (unpaired) electrons. The van der Waals surface area contributed by atoms with Crippen molar-refractivity contribution in [1.29, 1.82) is 10.8 Å². The molecule has 0 atom stereocenters. The number of nitrogens with one attached hydrogen (secondary N) is 2. The van der Waals surface area contributed by atoms with Crippen LogP contribution < -0.4 is 5.62 Å². The van der Waals surface area contributed by atoms with Crippen molar-refractivity contribution >= 4 is 5.71 Å². The standard InChI is InChI=1S/C11H16N4O/c1-7-8-5-3-2-4-6-9(12)10(8)14-11(13)15(7)16/h12-13,16H,2-6H2,1H3. The molecule has 0 aliphatic heterocycles. The number of aromatic nitrogens is 2. The topological polar surface area (TPSA) is 85.8 Å². The highest BCUT2D eigenvalue weighted by molar-refractivity contribution is 5.97. The molecule has 16 heavy (non-hydrogen) atoms. The van der Waals surface area contributed by atoms with E-state index in [0.29, 0.717) is 23.5 Å². The van der Waals surface area contributed by atoms with Gasteiger partial charge in [-0.05, 0) is 32.6 Å². The van der Waals surface area contributed by atoms with Gasteiger partial charge in [-0.2, -0.15) is 4.73 Å². The summed E-state index contributed by atoms with van der Waals surface area (Å²) in [4.78, 5) is 4.01. The van der Waals surface area contributed by atoms with Gasteiger partial charge in [0.2, 0.25) is 0 Å². The molecule has 5 heteroatoms. The van der Waals surface area contributed by atoms with Crippen molar-refractivity contribution in [2.45, 2.75) is 39.0 Å². The Morgan fingerprint density at radius 3 is 2.62 bits per heavy atom. The lowest BCUT2D eigenvalue weighted by Gasteiger charge is -2.17. The first-order valence-corrected chi connectivity index (χ1v) is 5.55. The van der Waals surface area contributed by atoms with E-state index < -0.39 is 0 Å².